The molecule has 0 bridgehead atoms. The molecule has 1 rings (SSSR count). The average Bonchev–Trinajstić information content (AvgIpc) is 2.21. The lowest BCUT2D eigenvalue weighted by Crippen LogP contribution is -2.49. The zero-order valence-electron chi connectivity index (χ0n) is 9.78. The Labute approximate surface area is 92.3 Å². The molecule has 0 saturated carbocycles. The number of nitrogens with two attached hydrogens (primary N) is 1. The van der Waals surface area contributed by atoms with E-state index in [1.807, 2.05) is 4.90 Å². The number of hydrogen-bond acceptors (Lipinski definition) is 2. The van der Waals surface area contributed by atoms with E-state index >= 15 is 0 Å². The fourth-order valence-electron chi connectivity index (χ4n) is 1.98. The summed E-state index contributed by atoms with van der Waals surface area (Å²) in [4.78, 5) is 13.8. The molecule has 1 aliphatic heterocycles. The molecule has 86 valence electrons. The first-order valence-corrected chi connectivity index (χ1v) is 5.71. The normalized spacial score (nSPS) is 28.6. The molecule has 15 heavy (non-hydrogen) atoms. The van der Waals surface area contributed by atoms with Crippen LogP contribution in [0.1, 0.15) is 26.7 Å². The first-order valence-electron chi connectivity index (χ1n) is 5.71. The maximum atomic E-state index is 11.9. The number of amides is 1. The molecule has 1 aliphatic rings. The molecule has 1 fully saturated rings. The minimum absolute atomic E-state index is 0.0775. The smallest absolute Gasteiger partial charge is 0.239 e. The highest BCUT2D eigenvalue weighted by Gasteiger charge is 2.27. The third-order valence-electron chi connectivity index (χ3n) is 3.38. The number of piperidine rings is 1. The lowest BCUT2D eigenvalue weighted by Gasteiger charge is -2.36. The Bertz CT molecular complexity index is 240. The first kappa shape index (κ1) is 12.2. The van der Waals surface area contributed by atoms with Gasteiger partial charge in [0.2, 0.25) is 5.91 Å². The van der Waals surface area contributed by atoms with Gasteiger partial charge in [-0.2, -0.15) is 0 Å². The molecule has 3 unspecified atom stereocenters. The second-order valence-electron chi connectivity index (χ2n) is 4.66. The van der Waals surface area contributed by atoms with Crippen LogP contribution in [0.3, 0.4) is 0 Å². The van der Waals surface area contributed by atoms with Crippen LogP contribution in [-0.2, 0) is 4.79 Å². The van der Waals surface area contributed by atoms with Gasteiger partial charge in [-0.1, -0.05) is 19.9 Å². The summed E-state index contributed by atoms with van der Waals surface area (Å²) in [5, 5.41) is 0. The van der Waals surface area contributed by atoms with Gasteiger partial charge < -0.3 is 10.6 Å². The summed E-state index contributed by atoms with van der Waals surface area (Å²) in [6.07, 6.45) is 3.37. The molecule has 0 aromatic heterocycles. The van der Waals surface area contributed by atoms with Crippen molar-refractivity contribution in [3.63, 3.8) is 0 Å². The zero-order valence-corrected chi connectivity index (χ0v) is 9.78. The zero-order chi connectivity index (χ0) is 11.4. The van der Waals surface area contributed by atoms with Crippen molar-refractivity contribution in [2.75, 3.05) is 13.1 Å². The summed E-state index contributed by atoms with van der Waals surface area (Å²) in [5.41, 5.74) is 5.78. The lowest BCUT2D eigenvalue weighted by atomic mass is 9.88. The van der Waals surface area contributed by atoms with E-state index in [1.165, 1.54) is 0 Å². The van der Waals surface area contributed by atoms with E-state index in [2.05, 4.69) is 20.4 Å². The highest BCUT2D eigenvalue weighted by atomic mass is 16.2. The van der Waals surface area contributed by atoms with Crippen LogP contribution in [0.5, 0.6) is 0 Å². The van der Waals surface area contributed by atoms with Crippen molar-refractivity contribution in [3.8, 4) is 0 Å². The largest absolute Gasteiger partial charge is 0.341 e. The van der Waals surface area contributed by atoms with E-state index in [9.17, 15) is 4.79 Å². The van der Waals surface area contributed by atoms with Gasteiger partial charge in [0.05, 0.1) is 6.04 Å². The van der Waals surface area contributed by atoms with Crippen LogP contribution < -0.4 is 5.73 Å². The van der Waals surface area contributed by atoms with E-state index < -0.39 is 6.04 Å². The van der Waals surface area contributed by atoms with E-state index in [4.69, 9.17) is 5.73 Å². The van der Waals surface area contributed by atoms with Crippen LogP contribution in [0.2, 0.25) is 0 Å². The Hall–Kier alpha value is -0.830. The van der Waals surface area contributed by atoms with Crippen LogP contribution in [0, 0.1) is 11.8 Å². The third kappa shape index (κ3) is 3.06. The van der Waals surface area contributed by atoms with Crippen LogP contribution in [0.4, 0.5) is 0 Å². The quantitative estimate of drug-likeness (QED) is 0.716. The van der Waals surface area contributed by atoms with Crippen molar-refractivity contribution in [2.45, 2.75) is 32.7 Å². The minimum atomic E-state index is -0.400. The van der Waals surface area contributed by atoms with Crippen LogP contribution in [-0.4, -0.2) is 29.9 Å². The van der Waals surface area contributed by atoms with Crippen molar-refractivity contribution in [3.05, 3.63) is 12.7 Å². The van der Waals surface area contributed by atoms with Crippen LogP contribution in [0.25, 0.3) is 0 Å². The number of carbonyl (C=O) groups excluding carboxylic acids is 1. The first-order chi connectivity index (χ1) is 7.06. The molecule has 0 aromatic carbocycles. The van der Waals surface area contributed by atoms with E-state index in [0.717, 1.165) is 19.5 Å². The summed E-state index contributed by atoms with van der Waals surface area (Å²) in [6, 6.07) is -0.400. The van der Waals surface area contributed by atoms with Gasteiger partial charge in [0.25, 0.3) is 0 Å². The molecule has 1 heterocycles. The monoisotopic (exact) mass is 210 g/mol. The Morgan fingerprint density at radius 3 is 2.80 bits per heavy atom. The average molecular weight is 210 g/mol. The second kappa shape index (κ2) is 5.31. The summed E-state index contributed by atoms with van der Waals surface area (Å²) < 4.78 is 0. The SMILES string of the molecule is C=CCC(N)C(=O)N1CCC(C)C(C)C1. The molecule has 3 heteroatoms. The second-order valence-corrected chi connectivity index (χ2v) is 4.66. The van der Waals surface area contributed by atoms with Crippen molar-refractivity contribution in [1.82, 2.24) is 4.90 Å². The third-order valence-corrected chi connectivity index (χ3v) is 3.38. The standard InChI is InChI=1S/C12H22N2O/c1-4-5-11(13)12(15)14-7-6-9(2)10(3)8-14/h4,9-11H,1,5-8,13H2,2-3H3. The predicted molar refractivity (Wildman–Crippen MR) is 62.3 cm³/mol. The molecule has 1 saturated heterocycles. The molecule has 3 nitrogen and oxygen atoms in total. The Kier molecular flexibility index (Phi) is 4.33. The Balaban J connectivity index is 2.50. The fourth-order valence-corrected chi connectivity index (χ4v) is 1.98. The number of nitrogens with zero attached hydrogens (tertiary/aromatic N) is 1. The van der Waals surface area contributed by atoms with Crippen molar-refractivity contribution in [2.24, 2.45) is 17.6 Å². The molecule has 3 atom stereocenters. The number of rotatable bonds is 3. The fraction of sp³-hybridized carbons (Fsp3) is 0.750. The number of hydrogen-bond donors (Lipinski definition) is 1. The predicted octanol–water partition coefficient (Wildman–Crippen LogP) is 1.39. The van der Waals surface area contributed by atoms with Gasteiger partial charge >= 0.3 is 0 Å². The van der Waals surface area contributed by atoms with Gasteiger partial charge in [0, 0.05) is 13.1 Å². The topological polar surface area (TPSA) is 46.3 Å². The molecule has 0 aromatic rings. The molecule has 1 amide bonds. The van der Waals surface area contributed by atoms with Gasteiger partial charge in [-0.3, -0.25) is 4.79 Å². The molecular weight excluding hydrogens is 188 g/mol. The van der Waals surface area contributed by atoms with E-state index in [-0.39, 0.29) is 5.91 Å². The van der Waals surface area contributed by atoms with Gasteiger partial charge in [-0.25, -0.2) is 0 Å². The highest BCUT2D eigenvalue weighted by molar-refractivity contribution is 5.81. The summed E-state index contributed by atoms with van der Waals surface area (Å²) in [5.74, 6) is 1.37. The minimum Gasteiger partial charge on any atom is -0.341 e. The van der Waals surface area contributed by atoms with E-state index in [1.54, 1.807) is 6.08 Å². The van der Waals surface area contributed by atoms with Gasteiger partial charge in [-0.05, 0) is 24.7 Å². The molecular formula is C12H22N2O. The highest BCUT2D eigenvalue weighted by Crippen LogP contribution is 2.22. The van der Waals surface area contributed by atoms with Crippen LogP contribution in [0.15, 0.2) is 12.7 Å². The lowest BCUT2D eigenvalue weighted by molar-refractivity contribution is -0.134. The van der Waals surface area contributed by atoms with Gasteiger partial charge in [-0.15, -0.1) is 6.58 Å². The van der Waals surface area contributed by atoms with Crippen molar-refractivity contribution >= 4 is 5.91 Å². The summed E-state index contributed by atoms with van der Waals surface area (Å²) in [6.45, 7) is 9.76. The maximum absolute atomic E-state index is 11.9. The summed E-state index contributed by atoms with van der Waals surface area (Å²) >= 11 is 0. The number of likely N-dealkylation sites (tertiary alicyclic amines) is 1. The van der Waals surface area contributed by atoms with Gasteiger partial charge in [0.15, 0.2) is 0 Å². The Morgan fingerprint density at radius 2 is 2.27 bits per heavy atom. The van der Waals surface area contributed by atoms with Gasteiger partial charge in [0.1, 0.15) is 0 Å². The maximum Gasteiger partial charge on any atom is 0.239 e. The number of carbonyl (C=O) groups is 1. The van der Waals surface area contributed by atoms with Crippen molar-refractivity contribution < 1.29 is 4.79 Å². The molecule has 0 spiro atoms. The molecule has 2 N–H and O–H groups in total. The van der Waals surface area contributed by atoms with Crippen molar-refractivity contribution in [1.29, 1.82) is 0 Å². The molecule has 0 aliphatic carbocycles. The van der Waals surface area contributed by atoms with Crippen LogP contribution >= 0.6 is 0 Å². The summed E-state index contributed by atoms with van der Waals surface area (Å²) in [7, 11) is 0. The molecule has 0 radical (unpaired) electrons. The Morgan fingerprint density at radius 1 is 1.60 bits per heavy atom. The van der Waals surface area contributed by atoms with E-state index in [0.29, 0.717) is 18.3 Å².